The summed E-state index contributed by atoms with van der Waals surface area (Å²) in [7, 11) is 0.866. The molecule has 0 unspecified atom stereocenters. The molecule has 0 bridgehead atoms. The standard InChI is InChI=1S/C27H36BClN2O5/c1-26(2)27(3,4)36-28(35-26)23(13-9-12-19-10-7-6-8-11-19)31-25(33)22(18-34-5)30-24(32)20-14-16-21(29)17-15-20/h6-8,10-11,14-17,22-23H,9,12-13,18H2,1-5H3,(H,30,32)(H,31,33)/t22-,23+/m1/s1. The van der Waals surface area contributed by atoms with Gasteiger partial charge in [-0.1, -0.05) is 41.9 Å². The number of hydrogen-bond donors (Lipinski definition) is 2. The number of ether oxygens (including phenoxy) is 1. The Hall–Kier alpha value is -2.39. The van der Waals surface area contributed by atoms with E-state index in [2.05, 4.69) is 22.8 Å². The summed E-state index contributed by atoms with van der Waals surface area (Å²) >= 11 is 5.92. The molecule has 0 radical (unpaired) electrons. The molecule has 2 aromatic rings. The van der Waals surface area contributed by atoms with Gasteiger partial charge < -0.3 is 24.7 Å². The number of aryl methyl sites for hydroxylation is 1. The van der Waals surface area contributed by atoms with Crippen LogP contribution < -0.4 is 10.6 Å². The van der Waals surface area contributed by atoms with Crippen LogP contribution in [0.1, 0.15) is 56.5 Å². The maximum Gasteiger partial charge on any atom is 0.481 e. The lowest BCUT2D eigenvalue weighted by Crippen LogP contribution is -2.56. The molecule has 2 amide bonds. The lowest BCUT2D eigenvalue weighted by atomic mass is 9.75. The number of halogens is 1. The summed E-state index contributed by atoms with van der Waals surface area (Å²) in [5, 5.41) is 6.36. The quantitative estimate of drug-likeness (QED) is 0.439. The number of carbonyl (C=O) groups is 2. The molecule has 1 fully saturated rings. The van der Waals surface area contributed by atoms with Gasteiger partial charge in [0.15, 0.2) is 0 Å². The van der Waals surface area contributed by atoms with Crippen LogP contribution in [-0.4, -0.2) is 55.8 Å². The van der Waals surface area contributed by atoms with Crippen molar-refractivity contribution in [2.45, 2.75) is 70.1 Å². The second-order valence-corrected chi connectivity index (χ2v) is 10.5. The van der Waals surface area contributed by atoms with Crippen LogP contribution in [0.15, 0.2) is 54.6 Å². The first kappa shape index (κ1) is 28.2. The van der Waals surface area contributed by atoms with Crippen molar-refractivity contribution in [2.75, 3.05) is 13.7 Å². The zero-order valence-corrected chi connectivity index (χ0v) is 22.4. The summed E-state index contributed by atoms with van der Waals surface area (Å²) in [5.41, 5.74) is 0.562. The third-order valence-electron chi connectivity index (χ3n) is 6.81. The van der Waals surface area contributed by atoms with E-state index >= 15 is 0 Å². The minimum atomic E-state index is -0.891. The average molecular weight is 515 g/mol. The topological polar surface area (TPSA) is 85.9 Å². The fourth-order valence-electron chi connectivity index (χ4n) is 3.98. The molecule has 2 N–H and O–H groups in total. The van der Waals surface area contributed by atoms with Gasteiger partial charge in [0.25, 0.3) is 5.91 Å². The lowest BCUT2D eigenvalue weighted by Gasteiger charge is -2.32. The fourth-order valence-corrected chi connectivity index (χ4v) is 4.10. The van der Waals surface area contributed by atoms with E-state index in [4.69, 9.17) is 25.6 Å². The molecule has 1 aliphatic rings. The van der Waals surface area contributed by atoms with Gasteiger partial charge in [0, 0.05) is 17.7 Å². The highest BCUT2D eigenvalue weighted by Gasteiger charge is 2.54. The normalized spacial score (nSPS) is 17.9. The highest BCUT2D eigenvalue weighted by molar-refractivity contribution is 6.48. The summed E-state index contributed by atoms with van der Waals surface area (Å²) in [6.45, 7) is 7.95. The molecule has 1 saturated heterocycles. The monoisotopic (exact) mass is 514 g/mol. The van der Waals surface area contributed by atoms with Crippen LogP contribution >= 0.6 is 11.6 Å². The molecular weight excluding hydrogens is 479 g/mol. The summed E-state index contributed by atoms with van der Waals surface area (Å²) in [6.07, 6.45) is 2.33. The first-order chi connectivity index (χ1) is 17.0. The van der Waals surface area contributed by atoms with E-state index in [1.54, 1.807) is 24.3 Å². The number of hydrogen-bond acceptors (Lipinski definition) is 5. The zero-order valence-electron chi connectivity index (χ0n) is 21.7. The van der Waals surface area contributed by atoms with E-state index in [1.165, 1.54) is 12.7 Å². The molecule has 0 saturated carbocycles. The minimum absolute atomic E-state index is 0.0191. The predicted molar refractivity (Wildman–Crippen MR) is 142 cm³/mol. The van der Waals surface area contributed by atoms with Crippen LogP contribution in [0, 0.1) is 0 Å². The van der Waals surface area contributed by atoms with Crippen molar-refractivity contribution in [3.63, 3.8) is 0 Å². The summed E-state index contributed by atoms with van der Waals surface area (Å²) in [5.74, 6) is -1.16. The van der Waals surface area contributed by atoms with E-state index in [9.17, 15) is 9.59 Å². The van der Waals surface area contributed by atoms with Crippen molar-refractivity contribution < 1.29 is 23.6 Å². The van der Waals surface area contributed by atoms with E-state index in [0.717, 1.165) is 12.8 Å². The Bertz CT molecular complexity index is 1000. The second kappa shape index (κ2) is 12.2. The molecule has 2 aromatic carbocycles. The van der Waals surface area contributed by atoms with E-state index in [-0.39, 0.29) is 18.4 Å². The van der Waals surface area contributed by atoms with Crippen LogP contribution in [0.5, 0.6) is 0 Å². The molecule has 7 nitrogen and oxygen atoms in total. The van der Waals surface area contributed by atoms with Gasteiger partial charge in [-0.2, -0.15) is 0 Å². The lowest BCUT2D eigenvalue weighted by molar-refractivity contribution is -0.124. The van der Waals surface area contributed by atoms with Gasteiger partial charge in [-0.25, -0.2) is 0 Å². The van der Waals surface area contributed by atoms with Crippen molar-refractivity contribution >= 4 is 30.5 Å². The van der Waals surface area contributed by atoms with Crippen molar-refractivity contribution in [1.82, 2.24) is 10.6 Å². The van der Waals surface area contributed by atoms with E-state index in [1.807, 2.05) is 45.9 Å². The first-order valence-electron chi connectivity index (χ1n) is 12.3. The Morgan fingerprint density at radius 1 is 0.972 bits per heavy atom. The average Bonchev–Trinajstić information content (AvgIpc) is 3.05. The number of rotatable bonds is 11. The Labute approximate surface area is 219 Å². The Morgan fingerprint density at radius 3 is 2.17 bits per heavy atom. The number of nitrogens with one attached hydrogen (secondary N) is 2. The molecule has 194 valence electrons. The highest BCUT2D eigenvalue weighted by atomic mass is 35.5. The zero-order chi connectivity index (χ0) is 26.3. The molecule has 1 heterocycles. The van der Waals surface area contributed by atoms with Gasteiger partial charge in [0.1, 0.15) is 6.04 Å². The van der Waals surface area contributed by atoms with Crippen molar-refractivity contribution in [1.29, 1.82) is 0 Å². The van der Waals surface area contributed by atoms with Crippen molar-refractivity contribution in [3.05, 3.63) is 70.7 Å². The van der Waals surface area contributed by atoms with Crippen LogP contribution in [0.3, 0.4) is 0 Å². The maximum atomic E-state index is 13.3. The number of benzene rings is 2. The smallest absolute Gasteiger partial charge is 0.402 e. The number of carbonyl (C=O) groups excluding carboxylic acids is 2. The van der Waals surface area contributed by atoms with Gasteiger partial charge in [-0.05, 0) is 76.8 Å². The predicted octanol–water partition coefficient (Wildman–Crippen LogP) is 4.22. The van der Waals surface area contributed by atoms with Crippen LogP contribution in [0.4, 0.5) is 0 Å². The van der Waals surface area contributed by atoms with Crippen LogP contribution in [-0.2, 0) is 25.3 Å². The molecule has 1 aliphatic heterocycles. The van der Waals surface area contributed by atoms with Crippen LogP contribution in [0.2, 0.25) is 5.02 Å². The summed E-state index contributed by atoms with van der Waals surface area (Å²) in [4.78, 5) is 26.1. The molecule has 3 rings (SSSR count). The third kappa shape index (κ3) is 7.32. The number of amides is 2. The van der Waals surface area contributed by atoms with Gasteiger partial charge in [-0.3, -0.25) is 9.59 Å². The largest absolute Gasteiger partial charge is 0.481 e. The van der Waals surface area contributed by atoms with Gasteiger partial charge in [-0.15, -0.1) is 0 Å². The highest BCUT2D eigenvalue weighted by Crippen LogP contribution is 2.38. The SMILES string of the molecule is COC[C@@H](NC(=O)c1ccc(Cl)cc1)C(=O)N[C@@H](CCCc1ccccc1)B1OC(C)(C)C(C)(C)O1. The van der Waals surface area contributed by atoms with Gasteiger partial charge >= 0.3 is 7.12 Å². The van der Waals surface area contributed by atoms with Gasteiger partial charge in [0.05, 0.1) is 23.8 Å². The first-order valence-corrected chi connectivity index (χ1v) is 12.7. The second-order valence-electron chi connectivity index (χ2n) is 10.1. The fraction of sp³-hybridized carbons (Fsp3) is 0.481. The Morgan fingerprint density at radius 2 is 1.58 bits per heavy atom. The van der Waals surface area contributed by atoms with Crippen LogP contribution in [0.25, 0.3) is 0 Å². The summed E-state index contributed by atoms with van der Waals surface area (Å²) in [6, 6.07) is 15.8. The van der Waals surface area contributed by atoms with Crippen molar-refractivity contribution in [3.8, 4) is 0 Å². The maximum absolute atomic E-state index is 13.3. The molecular formula is C27H36BClN2O5. The van der Waals surface area contributed by atoms with E-state index in [0.29, 0.717) is 17.0 Å². The Balaban J connectivity index is 1.71. The molecule has 9 heteroatoms. The third-order valence-corrected chi connectivity index (χ3v) is 7.06. The molecule has 0 aliphatic carbocycles. The summed E-state index contributed by atoms with van der Waals surface area (Å²) < 4.78 is 17.8. The van der Waals surface area contributed by atoms with Gasteiger partial charge in [0.2, 0.25) is 5.91 Å². The molecule has 0 aromatic heterocycles. The van der Waals surface area contributed by atoms with Crippen molar-refractivity contribution in [2.24, 2.45) is 0 Å². The number of methoxy groups -OCH3 is 1. The Kier molecular flexibility index (Phi) is 9.58. The minimum Gasteiger partial charge on any atom is -0.402 e. The molecule has 36 heavy (non-hydrogen) atoms. The molecule has 0 spiro atoms. The molecule has 2 atom stereocenters. The van der Waals surface area contributed by atoms with E-state index < -0.39 is 30.3 Å².